The lowest BCUT2D eigenvalue weighted by molar-refractivity contribution is -0.123. The average Bonchev–Trinajstić information content (AvgIpc) is 3.23. The van der Waals surface area contributed by atoms with Gasteiger partial charge in [0.1, 0.15) is 0 Å². The third-order valence-electron chi connectivity index (χ3n) is 11.2. The Balaban J connectivity index is 3.34. The largest absolute Gasteiger partial charge is 0.394 e. The van der Waals surface area contributed by atoms with E-state index in [-0.39, 0.29) is 12.5 Å². The molecule has 2 unspecified atom stereocenters. The van der Waals surface area contributed by atoms with Crippen molar-refractivity contribution in [2.75, 3.05) is 6.61 Å². The number of carbonyl (C=O) groups excluding carboxylic acids is 1. The number of carbonyl (C=O) groups is 1. The third-order valence-corrected chi connectivity index (χ3v) is 11.2. The molecule has 0 saturated carbocycles. The van der Waals surface area contributed by atoms with Crippen molar-refractivity contribution in [2.24, 2.45) is 0 Å². The second kappa shape index (κ2) is 49.2. The summed E-state index contributed by atoms with van der Waals surface area (Å²) >= 11 is 0. The van der Waals surface area contributed by atoms with Crippen LogP contribution >= 0.6 is 0 Å². The summed E-state index contributed by atoms with van der Waals surface area (Å²) in [5.74, 6) is -0.0697. The van der Waals surface area contributed by atoms with Crippen molar-refractivity contribution in [3.63, 3.8) is 0 Å². The Morgan fingerprint density at radius 1 is 0.431 bits per heavy atom. The van der Waals surface area contributed by atoms with Crippen molar-refractivity contribution < 1.29 is 15.0 Å². The summed E-state index contributed by atoms with van der Waals surface area (Å²) in [6, 6.07) is -0.617. The highest BCUT2D eigenvalue weighted by Gasteiger charge is 2.17. The highest BCUT2D eigenvalue weighted by molar-refractivity contribution is 5.76. The van der Waals surface area contributed by atoms with Crippen LogP contribution in [0, 0.1) is 0 Å². The molecule has 0 fully saturated rings. The van der Waals surface area contributed by atoms with Crippen molar-refractivity contribution in [2.45, 2.75) is 257 Å². The number of amides is 1. The van der Waals surface area contributed by atoms with Crippen LogP contribution in [0.5, 0.6) is 0 Å². The lowest BCUT2D eigenvalue weighted by Gasteiger charge is -2.20. The number of rotatable bonds is 45. The van der Waals surface area contributed by atoms with Gasteiger partial charge in [0.05, 0.1) is 18.8 Å². The Kier molecular flexibility index (Phi) is 47.4. The zero-order valence-electron chi connectivity index (χ0n) is 38.5. The van der Waals surface area contributed by atoms with E-state index in [4.69, 9.17) is 0 Å². The van der Waals surface area contributed by atoms with Crippen molar-refractivity contribution in [3.8, 4) is 0 Å². The predicted octanol–water partition coefficient (Wildman–Crippen LogP) is 16.2. The van der Waals surface area contributed by atoms with Crippen LogP contribution in [0.25, 0.3) is 0 Å². The fraction of sp³-hybridized carbons (Fsp3) is 0.759. The van der Waals surface area contributed by atoms with Crippen molar-refractivity contribution in [1.82, 2.24) is 5.32 Å². The fourth-order valence-corrected chi connectivity index (χ4v) is 7.38. The third kappa shape index (κ3) is 44.9. The smallest absolute Gasteiger partial charge is 0.220 e. The van der Waals surface area contributed by atoms with E-state index in [0.29, 0.717) is 6.42 Å². The number of nitrogens with one attached hydrogen (secondary N) is 1. The zero-order valence-corrected chi connectivity index (χ0v) is 38.5. The molecular formula is C54H97NO3. The molecule has 4 nitrogen and oxygen atoms in total. The summed E-state index contributed by atoms with van der Waals surface area (Å²) in [7, 11) is 0. The van der Waals surface area contributed by atoms with Crippen LogP contribution in [0.4, 0.5) is 0 Å². The topological polar surface area (TPSA) is 69.6 Å². The monoisotopic (exact) mass is 808 g/mol. The summed E-state index contributed by atoms with van der Waals surface area (Å²) in [6.45, 7) is 4.09. The standard InChI is InChI=1S/C54H97NO3/c1-3-5-7-9-10-11-12-13-14-15-16-17-18-19-20-21-22-23-24-25-26-27-28-29-30-31-32-33-34-35-36-37-38-39-40-41-42-43-44-46-48-50-54(58)55-52(51-56)53(57)49-47-45-8-6-4-2/h5,7,10-11,13-14,16-17,19-20,47,49,52-53,56-57H,3-4,6,8-9,12,15,18,21-46,48,50-51H2,1-2H3,(H,55,58)/b7-5-,11-10-,14-13-,17-16-,20-19-,49-47+. The highest BCUT2D eigenvalue weighted by atomic mass is 16.3. The first-order valence-corrected chi connectivity index (χ1v) is 25.2. The van der Waals surface area contributed by atoms with Crippen LogP contribution in [-0.2, 0) is 4.79 Å². The first kappa shape index (κ1) is 55.8. The quantitative estimate of drug-likeness (QED) is 0.0424. The van der Waals surface area contributed by atoms with Crippen LogP contribution < -0.4 is 5.32 Å². The van der Waals surface area contributed by atoms with Gasteiger partial charge in [-0.25, -0.2) is 0 Å². The number of aliphatic hydroxyl groups excluding tert-OH is 2. The Hall–Kier alpha value is -2.17. The van der Waals surface area contributed by atoms with Gasteiger partial charge in [0.2, 0.25) is 5.91 Å². The molecule has 0 aliphatic heterocycles. The maximum absolute atomic E-state index is 12.3. The molecule has 0 aromatic carbocycles. The lowest BCUT2D eigenvalue weighted by atomic mass is 10.0. The molecule has 0 spiro atoms. The molecule has 0 heterocycles. The number of aliphatic hydroxyl groups is 2. The minimum atomic E-state index is -0.834. The van der Waals surface area contributed by atoms with E-state index in [0.717, 1.165) is 57.8 Å². The Morgan fingerprint density at radius 2 is 0.759 bits per heavy atom. The maximum Gasteiger partial charge on any atom is 0.220 e. The molecule has 58 heavy (non-hydrogen) atoms. The molecule has 0 bridgehead atoms. The highest BCUT2D eigenvalue weighted by Crippen LogP contribution is 2.16. The molecule has 0 aliphatic carbocycles. The first-order valence-electron chi connectivity index (χ1n) is 25.2. The normalized spacial score (nSPS) is 13.5. The average molecular weight is 808 g/mol. The lowest BCUT2D eigenvalue weighted by Crippen LogP contribution is -2.45. The summed E-state index contributed by atoms with van der Waals surface area (Å²) in [4.78, 5) is 12.3. The first-order chi connectivity index (χ1) is 28.7. The molecular weight excluding hydrogens is 711 g/mol. The van der Waals surface area contributed by atoms with Gasteiger partial charge in [-0.15, -0.1) is 0 Å². The number of hydrogen-bond acceptors (Lipinski definition) is 3. The summed E-state index contributed by atoms with van der Waals surface area (Å²) in [5.41, 5.74) is 0. The van der Waals surface area contributed by atoms with Crippen molar-refractivity contribution >= 4 is 5.91 Å². The molecule has 4 heteroatoms. The predicted molar refractivity (Wildman–Crippen MR) is 257 cm³/mol. The Labute approximate surface area is 361 Å². The molecule has 3 N–H and O–H groups in total. The molecule has 0 aromatic heterocycles. The van der Waals surface area contributed by atoms with Crippen molar-refractivity contribution in [1.29, 1.82) is 0 Å². The van der Waals surface area contributed by atoms with Gasteiger partial charge in [-0.3, -0.25) is 4.79 Å². The van der Waals surface area contributed by atoms with E-state index >= 15 is 0 Å². The summed E-state index contributed by atoms with van der Waals surface area (Å²) in [6.07, 6.45) is 71.0. The van der Waals surface area contributed by atoms with Crippen LogP contribution in [-0.4, -0.2) is 34.9 Å². The summed E-state index contributed by atoms with van der Waals surface area (Å²) < 4.78 is 0. The minimum Gasteiger partial charge on any atom is -0.394 e. The van der Waals surface area contributed by atoms with Crippen LogP contribution in [0.3, 0.4) is 0 Å². The zero-order chi connectivity index (χ0) is 42.1. The second-order valence-electron chi connectivity index (χ2n) is 16.9. The van der Waals surface area contributed by atoms with E-state index in [1.54, 1.807) is 6.08 Å². The van der Waals surface area contributed by atoms with Crippen LogP contribution in [0.2, 0.25) is 0 Å². The molecule has 0 saturated heterocycles. The van der Waals surface area contributed by atoms with Gasteiger partial charge < -0.3 is 15.5 Å². The van der Waals surface area contributed by atoms with Gasteiger partial charge in [0.15, 0.2) is 0 Å². The number of unbranched alkanes of at least 4 members (excludes halogenated alkanes) is 28. The Morgan fingerprint density at radius 3 is 1.14 bits per heavy atom. The van der Waals surface area contributed by atoms with Crippen molar-refractivity contribution in [3.05, 3.63) is 72.9 Å². The molecule has 2 atom stereocenters. The molecule has 0 aliphatic rings. The maximum atomic E-state index is 12.3. The van der Waals surface area contributed by atoms with E-state index in [9.17, 15) is 15.0 Å². The van der Waals surface area contributed by atoms with Gasteiger partial charge in [-0.1, -0.05) is 247 Å². The fourth-order valence-electron chi connectivity index (χ4n) is 7.38. The minimum absolute atomic E-state index is 0.0697. The van der Waals surface area contributed by atoms with Gasteiger partial charge in [0, 0.05) is 6.42 Å². The molecule has 0 aromatic rings. The summed E-state index contributed by atoms with van der Waals surface area (Å²) in [5, 5.41) is 22.7. The Bertz CT molecular complexity index is 1010. The molecule has 0 radical (unpaired) electrons. The van der Waals surface area contributed by atoms with Gasteiger partial charge in [0.25, 0.3) is 0 Å². The van der Waals surface area contributed by atoms with E-state index in [1.807, 2.05) is 6.08 Å². The van der Waals surface area contributed by atoms with Gasteiger partial charge in [-0.2, -0.15) is 0 Å². The SMILES string of the molecule is CC/C=C\C/C=C\C/C=C\C/C=C\C/C=C\CCCCCCCCCCCCCCCCCCCCCCCCCCCC(=O)NC(CO)C(O)/C=C/CCCCC. The number of hydrogen-bond donors (Lipinski definition) is 3. The molecule has 336 valence electrons. The second-order valence-corrected chi connectivity index (χ2v) is 16.9. The van der Waals surface area contributed by atoms with Crippen LogP contribution in [0.15, 0.2) is 72.9 Å². The van der Waals surface area contributed by atoms with E-state index in [2.05, 4.69) is 79.9 Å². The van der Waals surface area contributed by atoms with E-state index < -0.39 is 12.1 Å². The molecule has 1 amide bonds. The van der Waals surface area contributed by atoms with E-state index in [1.165, 1.54) is 167 Å². The van der Waals surface area contributed by atoms with Gasteiger partial charge >= 0.3 is 0 Å². The number of allylic oxidation sites excluding steroid dienone is 11. The van der Waals surface area contributed by atoms with Gasteiger partial charge in [-0.05, 0) is 64.2 Å². The molecule has 0 rings (SSSR count). The van der Waals surface area contributed by atoms with Crippen LogP contribution in [0.1, 0.15) is 245 Å².